The number of carbonyl (C=O) groups excluding carboxylic acids is 1. The van der Waals surface area contributed by atoms with Crippen molar-refractivity contribution in [3.05, 3.63) is 35.4 Å². The van der Waals surface area contributed by atoms with Gasteiger partial charge in [-0.2, -0.15) is 0 Å². The molecule has 0 saturated carbocycles. The Balaban J connectivity index is 2.10. The molecule has 0 fully saturated rings. The van der Waals surface area contributed by atoms with E-state index in [0.717, 1.165) is 56.8 Å². The molecule has 0 aromatic heterocycles. The molecule has 2 rings (SSSR count). The number of likely N-dealkylation sites (N-methyl/N-ethyl adjacent to an activating group) is 1. The number of nitrogens with zero attached hydrogens (tertiary/aromatic N) is 2. The number of benzene rings is 1. The summed E-state index contributed by atoms with van der Waals surface area (Å²) in [5.41, 5.74) is 2.52. The summed E-state index contributed by atoms with van der Waals surface area (Å²) >= 11 is 0. The van der Waals surface area contributed by atoms with Crippen LogP contribution in [0.15, 0.2) is 24.3 Å². The van der Waals surface area contributed by atoms with E-state index in [1.165, 1.54) is 11.1 Å². The van der Waals surface area contributed by atoms with Crippen molar-refractivity contribution in [2.24, 2.45) is 0 Å². The Hall–Kier alpha value is -2.01. The molecule has 0 saturated heterocycles. The van der Waals surface area contributed by atoms with Crippen molar-refractivity contribution in [3.63, 3.8) is 0 Å². The van der Waals surface area contributed by atoms with Gasteiger partial charge in [-0.25, -0.2) is 0 Å². The van der Waals surface area contributed by atoms with Crippen molar-refractivity contribution in [1.29, 1.82) is 0 Å². The fourth-order valence-electron chi connectivity index (χ4n) is 3.07. The van der Waals surface area contributed by atoms with Crippen LogP contribution in [-0.2, 0) is 17.6 Å². The Morgan fingerprint density at radius 3 is 2.00 bits per heavy atom. The van der Waals surface area contributed by atoms with Crippen LogP contribution < -0.4 is 9.47 Å². The molecule has 0 atom stereocenters. The van der Waals surface area contributed by atoms with Gasteiger partial charge in [0.15, 0.2) is 11.5 Å². The first-order chi connectivity index (χ1) is 13.0. The molecule has 0 unspecified atom stereocenters. The van der Waals surface area contributed by atoms with Crippen LogP contribution in [0.1, 0.15) is 37.8 Å². The summed E-state index contributed by atoms with van der Waals surface area (Å²) in [6.07, 6.45) is 7.24. The second-order valence-electron chi connectivity index (χ2n) is 7.25. The molecule has 0 aliphatic carbocycles. The lowest BCUT2D eigenvalue weighted by molar-refractivity contribution is -0.125. The lowest BCUT2D eigenvalue weighted by atomic mass is 10.0. The number of amides is 1. The molecule has 1 aromatic carbocycles. The highest BCUT2D eigenvalue weighted by molar-refractivity contribution is 5.87. The molecule has 5 heteroatoms. The standard InChI is InChI=1S/C22H34N2O3/c1-5-14-26-20-16-18-9-12-24(22(25)8-7-11-23(3)4)13-10-19(18)17-21(20)27-15-6-2/h7-8,16-17H,5-6,9-15H2,1-4H3/b8-7+. The van der Waals surface area contributed by atoms with Crippen molar-refractivity contribution >= 4 is 5.91 Å². The molecular formula is C22H34N2O3. The first-order valence-corrected chi connectivity index (χ1v) is 10.1. The SMILES string of the molecule is CCCOc1cc2c(cc1OCCC)CCN(C(=O)/C=C/CN(C)C)CC2. The Labute approximate surface area is 163 Å². The third-order valence-electron chi connectivity index (χ3n) is 4.53. The van der Waals surface area contributed by atoms with Gasteiger partial charge in [-0.05, 0) is 63.0 Å². The third kappa shape index (κ3) is 6.58. The number of hydrogen-bond acceptors (Lipinski definition) is 4. The minimum absolute atomic E-state index is 0.0922. The van der Waals surface area contributed by atoms with Gasteiger partial charge in [0.05, 0.1) is 13.2 Å². The van der Waals surface area contributed by atoms with Crippen molar-refractivity contribution < 1.29 is 14.3 Å². The van der Waals surface area contributed by atoms with Crippen LogP contribution in [0, 0.1) is 0 Å². The van der Waals surface area contributed by atoms with Gasteiger partial charge in [0.1, 0.15) is 0 Å². The largest absolute Gasteiger partial charge is 0.490 e. The van der Waals surface area contributed by atoms with E-state index in [2.05, 4.69) is 26.0 Å². The quantitative estimate of drug-likeness (QED) is 0.622. The predicted molar refractivity (Wildman–Crippen MR) is 110 cm³/mol. The van der Waals surface area contributed by atoms with Gasteiger partial charge in [0.2, 0.25) is 5.91 Å². The van der Waals surface area contributed by atoms with Crippen LogP contribution >= 0.6 is 0 Å². The number of ether oxygens (including phenoxy) is 2. The van der Waals surface area contributed by atoms with E-state index in [9.17, 15) is 4.79 Å². The summed E-state index contributed by atoms with van der Waals surface area (Å²) in [5.74, 6) is 1.75. The van der Waals surface area contributed by atoms with Crippen LogP contribution in [0.25, 0.3) is 0 Å². The zero-order valence-corrected chi connectivity index (χ0v) is 17.3. The molecule has 0 N–H and O–H groups in total. The van der Waals surface area contributed by atoms with Gasteiger partial charge in [0.25, 0.3) is 0 Å². The molecule has 150 valence electrons. The van der Waals surface area contributed by atoms with Crippen LogP contribution in [0.3, 0.4) is 0 Å². The number of rotatable bonds is 9. The average Bonchev–Trinajstić information content (AvgIpc) is 2.85. The maximum atomic E-state index is 12.5. The lowest BCUT2D eigenvalue weighted by Gasteiger charge is -2.18. The summed E-state index contributed by atoms with van der Waals surface area (Å²) < 4.78 is 11.8. The van der Waals surface area contributed by atoms with Gasteiger partial charge in [0, 0.05) is 25.7 Å². The van der Waals surface area contributed by atoms with Gasteiger partial charge in [-0.3, -0.25) is 4.79 Å². The fourth-order valence-corrected chi connectivity index (χ4v) is 3.07. The molecule has 1 aliphatic heterocycles. The van der Waals surface area contributed by atoms with Gasteiger partial charge < -0.3 is 19.3 Å². The van der Waals surface area contributed by atoms with Crippen LogP contribution in [0.2, 0.25) is 0 Å². The maximum absolute atomic E-state index is 12.5. The second-order valence-corrected chi connectivity index (χ2v) is 7.25. The lowest BCUT2D eigenvalue weighted by Crippen LogP contribution is -2.32. The van der Waals surface area contributed by atoms with Gasteiger partial charge >= 0.3 is 0 Å². The molecule has 5 nitrogen and oxygen atoms in total. The highest BCUT2D eigenvalue weighted by Crippen LogP contribution is 2.33. The van der Waals surface area contributed by atoms with E-state index in [-0.39, 0.29) is 5.91 Å². The topological polar surface area (TPSA) is 42.0 Å². The summed E-state index contributed by atoms with van der Waals surface area (Å²) in [6.45, 7) is 7.81. The fraction of sp³-hybridized carbons (Fsp3) is 0.591. The predicted octanol–water partition coefficient (Wildman–Crippen LogP) is 3.31. The monoisotopic (exact) mass is 374 g/mol. The number of carbonyl (C=O) groups is 1. The van der Waals surface area contributed by atoms with E-state index >= 15 is 0 Å². The number of fused-ring (bicyclic) bond motifs is 1. The normalized spacial score (nSPS) is 14.3. The minimum Gasteiger partial charge on any atom is -0.490 e. The van der Waals surface area contributed by atoms with Crippen LogP contribution in [0.4, 0.5) is 0 Å². The zero-order valence-electron chi connectivity index (χ0n) is 17.3. The molecule has 0 bridgehead atoms. The molecule has 1 aromatic rings. The Kier molecular flexibility index (Phi) is 8.65. The molecule has 27 heavy (non-hydrogen) atoms. The molecular weight excluding hydrogens is 340 g/mol. The van der Waals surface area contributed by atoms with E-state index < -0.39 is 0 Å². The van der Waals surface area contributed by atoms with Crippen LogP contribution in [0.5, 0.6) is 11.5 Å². The van der Waals surface area contributed by atoms with Crippen molar-refractivity contribution in [3.8, 4) is 11.5 Å². The van der Waals surface area contributed by atoms with Crippen molar-refractivity contribution in [1.82, 2.24) is 9.80 Å². The van der Waals surface area contributed by atoms with Gasteiger partial charge in [-0.15, -0.1) is 0 Å². The third-order valence-corrected chi connectivity index (χ3v) is 4.53. The maximum Gasteiger partial charge on any atom is 0.246 e. The number of hydrogen-bond donors (Lipinski definition) is 0. The average molecular weight is 375 g/mol. The Morgan fingerprint density at radius 1 is 1.04 bits per heavy atom. The summed E-state index contributed by atoms with van der Waals surface area (Å²) in [5, 5.41) is 0. The van der Waals surface area contributed by atoms with E-state index in [0.29, 0.717) is 13.2 Å². The zero-order chi connectivity index (χ0) is 19.6. The Morgan fingerprint density at radius 2 is 1.56 bits per heavy atom. The molecule has 1 heterocycles. The highest BCUT2D eigenvalue weighted by atomic mass is 16.5. The smallest absolute Gasteiger partial charge is 0.246 e. The molecule has 1 aliphatic rings. The molecule has 1 amide bonds. The van der Waals surface area contributed by atoms with E-state index in [1.807, 2.05) is 30.0 Å². The van der Waals surface area contributed by atoms with Gasteiger partial charge in [-0.1, -0.05) is 19.9 Å². The van der Waals surface area contributed by atoms with Crippen molar-refractivity contribution in [2.45, 2.75) is 39.5 Å². The Bertz CT molecular complexity index is 602. The second kappa shape index (κ2) is 11.0. The minimum atomic E-state index is 0.0922. The molecule has 0 spiro atoms. The summed E-state index contributed by atoms with van der Waals surface area (Å²) in [7, 11) is 3.99. The van der Waals surface area contributed by atoms with Crippen LogP contribution in [-0.4, -0.2) is 62.7 Å². The highest BCUT2D eigenvalue weighted by Gasteiger charge is 2.19. The molecule has 0 radical (unpaired) electrons. The first kappa shape index (κ1) is 21.3. The van der Waals surface area contributed by atoms with E-state index in [1.54, 1.807) is 6.08 Å². The summed E-state index contributed by atoms with van der Waals surface area (Å²) in [4.78, 5) is 16.4. The first-order valence-electron chi connectivity index (χ1n) is 10.1. The van der Waals surface area contributed by atoms with E-state index in [4.69, 9.17) is 9.47 Å². The van der Waals surface area contributed by atoms with Crippen molar-refractivity contribution in [2.75, 3.05) is 46.9 Å². The summed E-state index contributed by atoms with van der Waals surface area (Å²) in [6, 6.07) is 4.23.